The lowest BCUT2D eigenvalue weighted by atomic mass is 10.2. The standard InChI is InChI=1S/C14H12ClN3O4/c15-8-1-4-12(17-6-8)18-13(20)7-22-14(21)10-5-9(19)2-3-11(10)16/h1-6,19H,7,16H2,(H,17,18,20). The minimum Gasteiger partial charge on any atom is -0.508 e. The van der Waals surface area contributed by atoms with Gasteiger partial charge in [0.05, 0.1) is 10.6 Å². The number of aromatic hydroxyl groups is 1. The van der Waals surface area contributed by atoms with Crippen molar-refractivity contribution in [2.24, 2.45) is 0 Å². The van der Waals surface area contributed by atoms with Crippen LogP contribution in [0.1, 0.15) is 10.4 Å². The van der Waals surface area contributed by atoms with E-state index in [2.05, 4.69) is 10.3 Å². The molecule has 0 saturated carbocycles. The van der Waals surface area contributed by atoms with Gasteiger partial charge in [0, 0.05) is 11.9 Å². The fourth-order valence-corrected chi connectivity index (χ4v) is 1.67. The minimum absolute atomic E-state index is 0.0163. The number of nitrogens with two attached hydrogens (primary N) is 1. The quantitative estimate of drug-likeness (QED) is 0.449. The van der Waals surface area contributed by atoms with E-state index in [0.717, 1.165) is 6.07 Å². The van der Waals surface area contributed by atoms with Gasteiger partial charge in [-0.15, -0.1) is 0 Å². The average Bonchev–Trinajstić information content (AvgIpc) is 2.49. The van der Waals surface area contributed by atoms with Crippen molar-refractivity contribution in [3.8, 4) is 5.75 Å². The lowest BCUT2D eigenvalue weighted by Crippen LogP contribution is -2.21. The lowest BCUT2D eigenvalue weighted by Gasteiger charge is -2.08. The Kier molecular flexibility index (Phi) is 4.80. The first-order chi connectivity index (χ1) is 10.5. The number of benzene rings is 1. The molecule has 0 aliphatic carbocycles. The Morgan fingerprint density at radius 1 is 1.32 bits per heavy atom. The van der Waals surface area contributed by atoms with Crippen molar-refractivity contribution in [1.82, 2.24) is 4.98 Å². The molecule has 0 aliphatic heterocycles. The highest BCUT2D eigenvalue weighted by Gasteiger charge is 2.14. The van der Waals surface area contributed by atoms with Gasteiger partial charge >= 0.3 is 5.97 Å². The topological polar surface area (TPSA) is 115 Å². The van der Waals surface area contributed by atoms with Crippen LogP contribution in [0.25, 0.3) is 0 Å². The zero-order chi connectivity index (χ0) is 16.1. The van der Waals surface area contributed by atoms with Crippen LogP contribution in [0.2, 0.25) is 5.02 Å². The van der Waals surface area contributed by atoms with Gasteiger partial charge in [-0.3, -0.25) is 4.79 Å². The summed E-state index contributed by atoms with van der Waals surface area (Å²) in [5, 5.41) is 12.2. The Morgan fingerprint density at radius 3 is 2.77 bits per heavy atom. The van der Waals surface area contributed by atoms with Crippen LogP contribution in [-0.2, 0) is 9.53 Å². The minimum atomic E-state index is -0.812. The number of pyridine rings is 1. The highest BCUT2D eigenvalue weighted by atomic mass is 35.5. The molecule has 1 aromatic carbocycles. The smallest absolute Gasteiger partial charge is 0.340 e. The number of carbonyl (C=O) groups excluding carboxylic acids is 2. The maximum absolute atomic E-state index is 11.8. The number of ether oxygens (including phenoxy) is 1. The van der Waals surface area contributed by atoms with Gasteiger partial charge < -0.3 is 20.9 Å². The van der Waals surface area contributed by atoms with E-state index in [1.165, 1.54) is 24.4 Å². The molecule has 0 atom stereocenters. The Labute approximate surface area is 130 Å². The van der Waals surface area contributed by atoms with Crippen molar-refractivity contribution in [2.45, 2.75) is 0 Å². The number of esters is 1. The number of phenolic OH excluding ortho intramolecular Hbond substituents is 1. The molecule has 0 radical (unpaired) electrons. The molecule has 1 heterocycles. The highest BCUT2D eigenvalue weighted by molar-refractivity contribution is 6.30. The zero-order valence-electron chi connectivity index (χ0n) is 11.2. The molecule has 22 heavy (non-hydrogen) atoms. The summed E-state index contributed by atoms with van der Waals surface area (Å²) >= 11 is 5.67. The number of rotatable bonds is 4. The van der Waals surface area contributed by atoms with Crippen LogP contribution in [0.3, 0.4) is 0 Å². The normalized spacial score (nSPS) is 10.0. The molecule has 0 fully saturated rings. The third-order valence-electron chi connectivity index (χ3n) is 2.59. The van der Waals surface area contributed by atoms with Gasteiger partial charge in [0.15, 0.2) is 6.61 Å². The van der Waals surface area contributed by atoms with Crippen LogP contribution in [0.4, 0.5) is 11.5 Å². The molecule has 8 heteroatoms. The van der Waals surface area contributed by atoms with Crippen LogP contribution in [0.5, 0.6) is 5.75 Å². The number of nitrogen functional groups attached to an aromatic ring is 1. The largest absolute Gasteiger partial charge is 0.508 e. The first-order valence-electron chi connectivity index (χ1n) is 6.13. The molecule has 0 spiro atoms. The van der Waals surface area contributed by atoms with Crippen molar-refractivity contribution in [3.05, 3.63) is 47.1 Å². The number of hydrogen-bond donors (Lipinski definition) is 3. The van der Waals surface area contributed by atoms with Crippen molar-refractivity contribution in [3.63, 3.8) is 0 Å². The third kappa shape index (κ3) is 4.10. The Hall–Kier alpha value is -2.80. The predicted molar refractivity (Wildman–Crippen MR) is 80.7 cm³/mol. The molecule has 114 valence electrons. The van der Waals surface area contributed by atoms with Gasteiger partial charge in [0.1, 0.15) is 11.6 Å². The van der Waals surface area contributed by atoms with Gasteiger partial charge in [-0.25, -0.2) is 9.78 Å². The van der Waals surface area contributed by atoms with Gasteiger partial charge in [-0.05, 0) is 30.3 Å². The molecule has 2 rings (SSSR count). The number of nitrogens with zero attached hydrogens (tertiary/aromatic N) is 1. The van der Waals surface area contributed by atoms with Gasteiger partial charge in [0.25, 0.3) is 5.91 Å². The van der Waals surface area contributed by atoms with Gasteiger partial charge in [0.2, 0.25) is 0 Å². The summed E-state index contributed by atoms with van der Waals surface area (Å²) in [7, 11) is 0. The SMILES string of the molecule is Nc1ccc(O)cc1C(=O)OCC(=O)Nc1ccc(Cl)cn1. The zero-order valence-corrected chi connectivity index (χ0v) is 12.0. The van der Waals surface area contributed by atoms with Crippen molar-refractivity contribution in [2.75, 3.05) is 17.7 Å². The van der Waals surface area contributed by atoms with Crippen molar-refractivity contribution < 1.29 is 19.4 Å². The molecule has 1 amide bonds. The number of halogens is 1. The Morgan fingerprint density at radius 2 is 2.09 bits per heavy atom. The molecule has 0 aliphatic rings. The summed E-state index contributed by atoms with van der Waals surface area (Å²) in [4.78, 5) is 27.3. The Bertz CT molecular complexity index is 704. The van der Waals surface area contributed by atoms with E-state index in [0.29, 0.717) is 5.02 Å². The number of carbonyl (C=O) groups is 2. The van der Waals surface area contributed by atoms with E-state index in [9.17, 15) is 14.7 Å². The number of hydrogen-bond acceptors (Lipinski definition) is 6. The molecular weight excluding hydrogens is 310 g/mol. The molecule has 7 nitrogen and oxygen atoms in total. The second kappa shape index (κ2) is 6.77. The first-order valence-corrected chi connectivity index (χ1v) is 6.50. The maximum atomic E-state index is 11.8. The first kappa shape index (κ1) is 15.6. The van der Waals surface area contributed by atoms with E-state index in [4.69, 9.17) is 22.1 Å². The van der Waals surface area contributed by atoms with Crippen molar-refractivity contribution in [1.29, 1.82) is 0 Å². The van der Waals surface area contributed by atoms with E-state index < -0.39 is 18.5 Å². The summed E-state index contributed by atoms with van der Waals surface area (Å²) in [6.45, 7) is -0.516. The van der Waals surface area contributed by atoms with Crippen molar-refractivity contribution >= 4 is 35.0 Å². The second-order valence-corrected chi connectivity index (χ2v) is 4.69. The highest BCUT2D eigenvalue weighted by Crippen LogP contribution is 2.19. The van der Waals surface area contributed by atoms with Crippen LogP contribution in [0.15, 0.2) is 36.5 Å². The number of phenols is 1. The molecule has 0 bridgehead atoms. The number of aromatic nitrogens is 1. The fourth-order valence-electron chi connectivity index (χ4n) is 1.56. The van der Waals surface area contributed by atoms with E-state index in [-0.39, 0.29) is 22.8 Å². The monoisotopic (exact) mass is 321 g/mol. The molecule has 4 N–H and O–H groups in total. The van der Waals surface area contributed by atoms with Crippen LogP contribution in [0, 0.1) is 0 Å². The van der Waals surface area contributed by atoms with Gasteiger partial charge in [-0.2, -0.15) is 0 Å². The molecular formula is C14H12ClN3O4. The summed E-state index contributed by atoms with van der Waals surface area (Å²) in [6, 6.07) is 6.93. The number of anilines is 2. The molecule has 1 aromatic heterocycles. The summed E-state index contributed by atoms with van der Waals surface area (Å²) < 4.78 is 4.83. The summed E-state index contributed by atoms with van der Waals surface area (Å²) in [5.41, 5.74) is 5.72. The van der Waals surface area contributed by atoms with Crippen LogP contribution < -0.4 is 11.1 Å². The number of amides is 1. The summed E-state index contributed by atoms with van der Waals surface area (Å²) in [6.07, 6.45) is 1.37. The molecule has 0 saturated heterocycles. The summed E-state index contributed by atoms with van der Waals surface area (Å²) in [5.74, 6) is -1.23. The lowest BCUT2D eigenvalue weighted by molar-refractivity contribution is -0.119. The second-order valence-electron chi connectivity index (χ2n) is 4.26. The molecule has 2 aromatic rings. The number of nitrogens with one attached hydrogen (secondary N) is 1. The Balaban J connectivity index is 1.91. The fraction of sp³-hybridized carbons (Fsp3) is 0.0714. The maximum Gasteiger partial charge on any atom is 0.340 e. The van der Waals surface area contributed by atoms with Crippen LogP contribution >= 0.6 is 11.6 Å². The predicted octanol–water partition coefficient (Wildman–Crippen LogP) is 1.82. The van der Waals surface area contributed by atoms with E-state index in [1.54, 1.807) is 6.07 Å². The van der Waals surface area contributed by atoms with Gasteiger partial charge in [-0.1, -0.05) is 11.6 Å². The van der Waals surface area contributed by atoms with Crippen LogP contribution in [-0.4, -0.2) is 28.6 Å². The van der Waals surface area contributed by atoms with E-state index in [1.807, 2.05) is 0 Å². The average molecular weight is 322 g/mol. The third-order valence-corrected chi connectivity index (χ3v) is 2.81. The van der Waals surface area contributed by atoms with E-state index >= 15 is 0 Å². The molecule has 0 unspecified atom stereocenters.